The van der Waals surface area contributed by atoms with Gasteiger partial charge in [0.15, 0.2) is 0 Å². The number of hydrogen-bond acceptors (Lipinski definition) is 4. The molecule has 2 saturated heterocycles. The lowest BCUT2D eigenvalue weighted by molar-refractivity contribution is -0.130. The molecule has 2 aliphatic rings. The van der Waals surface area contributed by atoms with Crippen LogP contribution in [-0.4, -0.2) is 34.9 Å². The number of thioether (sulfide) groups is 1. The van der Waals surface area contributed by atoms with Crippen LogP contribution in [0.2, 0.25) is 0 Å². The molecule has 110 valence electrons. The van der Waals surface area contributed by atoms with Gasteiger partial charge in [0.1, 0.15) is 6.17 Å². The number of nitrogens with one attached hydrogen (secondary N) is 1. The van der Waals surface area contributed by atoms with Crippen LogP contribution < -0.4 is 5.32 Å². The van der Waals surface area contributed by atoms with Gasteiger partial charge in [0.25, 0.3) is 0 Å². The van der Waals surface area contributed by atoms with Gasteiger partial charge in [-0.05, 0) is 41.7 Å². The Morgan fingerprint density at radius 1 is 1.50 bits per heavy atom. The number of rotatable bonds is 5. The molecule has 3 rings (SSSR count). The normalized spacial score (nSPS) is 30.4. The van der Waals surface area contributed by atoms with E-state index in [0.717, 1.165) is 19.4 Å². The van der Waals surface area contributed by atoms with Crippen molar-refractivity contribution in [3.05, 3.63) is 22.4 Å². The van der Waals surface area contributed by atoms with E-state index in [0.29, 0.717) is 11.8 Å². The van der Waals surface area contributed by atoms with Crippen LogP contribution in [0.25, 0.3) is 0 Å². The number of amides is 1. The average Bonchev–Trinajstić information content (AvgIpc) is 3.16. The van der Waals surface area contributed by atoms with E-state index in [-0.39, 0.29) is 12.2 Å². The zero-order valence-corrected chi connectivity index (χ0v) is 13.5. The minimum atomic E-state index is 0.0150. The first-order valence-electron chi connectivity index (χ1n) is 7.47. The summed E-state index contributed by atoms with van der Waals surface area (Å²) in [5, 5.41) is 5.64. The second-order valence-corrected chi connectivity index (χ2v) is 7.78. The third-order valence-corrected chi connectivity index (χ3v) is 6.28. The molecule has 5 heteroatoms. The Morgan fingerprint density at radius 3 is 3.05 bits per heavy atom. The number of hydrogen-bond donors (Lipinski definition) is 1. The van der Waals surface area contributed by atoms with Crippen molar-refractivity contribution in [2.45, 2.75) is 38.4 Å². The van der Waals surface area contributed by atoms with Crippen molar-refractivity contribution < 1.29 is 4.79 Å². The maximum Gasteiger partial charge on any atom is 0.241 e. The molecule has 20 heavy (non-hydrogen) atoms. The molecule has 1 aromatic heterocycles. The van der Waals surface area contributed by atoms with Crippen molar-refractivity contribution in [3.8, 4) is 0 Å². The Bertz CT molecular complexity index is 443. The average molecular weight is 310 g/mol. The van der Waals surface area contributed by atoms with E-state index in [4.69, 9.17) is 0 Å². The van der Waals surface area contributed by atoms with E-state index in [1.165, 1.54) is 22.8 Å². The van der Waals surface area contributed by atoms with E-state index in [9.17, 15) is 4.79 Å². The highest BCUT2D eigenvalue weighted by atomic mass is 32.2. The molecule has 0 aromatic carbocycles. The van der Waals surface area contributed by atoms with Crippen molar-refractivity contribution in [2.75, 3.05) is 18.1 Å². The summed E-state index contributed by atoms with van der Waals surface area (Å²) in [5.41, 5.74) is 0. The van der Waals surface area contributed by atoms with Gasteiger partial charge in [-0.25, -0.2) is 0 Å². The Hall–Kier alpha value is -0.520. The fourth-order valence-electron chi connectivity index (χ4n) is 3.06. The summed E-state index contributed by atoms with van der Waals surface area (Å²) in [5.74, 6) is 3.44. The zero-order valence-electron chi connectivity index (χ0n) is 11.9. The molecule has 3 atom stereocenters. The first-order valence-corrected chi connectivity index (χ1v) is 9.50. The standard InChI is InChI=1S/C15H22N2OS2/c1-2-4-12-15(18)17(9-11-6-8-19-10-11)14(16-12)13-5-3-7-20-13/h3,5,7,11-12,14,16H,2,4,6,8-10H2,1H3. The SMILES string of the molecule is CCCC1NC(c2cccs2)N(CC2CCSC2)C1=O. The fourth-order valence-corrected chi connectivity index (χ4v) is 5.13. The van der Waals surface area contributed by atoms with Crippen LogP contribution in [0, 0.1) is 5.92 Å². The van der Waals surface area contributed by atoms with E-state index >= 15 is 0 Å². The summed E-state index contributed by atoms with van der Waals surface area (Å²) >= 11 is 3.76. The van der Waals surface area contributed by atoms with E-state index in [1.807, 2.05) is 11.8 Å². The smallest absolute Gasteiger partial charge is 0.241 e. The number of thiophene rings is 1. The second-order valence-electron chi connectivity index (χ2n) is 5.65. The van der Waals surface area contributed by atoms with Crippen LogP contribution >= 0.6 is 23.1 Å². The third-order valence-electron chi connectivity index (χ3n) is 4.12. The van der Waals surface area contributed by atoms with Gasteiger partial charge in [-0.1, -0.05) is 19.4 Å². The van der Waals surface area contributed by atoms with Gasteiger partial charge in [-0.3, -0.25) is 10.1 Å². The monoisotopic (exact) mass is 310 g/mol. The topological polar surface area (TPSA) is 32.3 Å². The lowest BCUT2D eigenvalue weighted by atomic mass is 10.1. The van der Waals surface area contributed by atoms with Crippen molar-refractivity contribution in [3.63, 3.8) is 0 Å². The van der Waals surface area contributed by atoms with Gasteiger partial charge in [-0.15, -0.1) is 11.3 Å². The molecule has 0 bridgehead atoms. The summed E-state index contributed by atoms with van der Waals surface area (Å²) in [6, 6.07) is 4.23. The van der Waals surface area contributed by atoms with Crippen LogP contribution in [0.15, 0.2) is 17.5 Å². The van der Waals surface area contributed by atoms with Gasteiger partial charge in [-0.2, -0.15) is 11.8 Å². The molecule has 0 aliphatic carbocycles. The van der Waals surface area contributed by atoms with Crippen LogP contribution in [0.3, 0.4) is 0 Å². The molecular formula is C15H22N2OS2. The Kier molecular flexibility index (Phi) is 4.68. The summed E-state index contributed by atoms with van der Waals surface area (Å²) in [4.78, 5) is 16.0. The molecule has 3 unspecified atom stereocenters. The molecule has 3 heterocycles. The molecule has 1 aromatic rings. The van der Waals surface area contributed by atoms with Crippen molar-refractivity contribution >= 4 is 29.0 Å². The first kappa shape index (κ1) is 14.4. The molecule has 2 aliphatic heterocycles. The summed E-state index contributed by atoms with van der Waals surface area (Å²) in [6.45, 7) is 3.06. The molecular weight excluding hydrogens is 288 g/mol. The Morgan fingerprint density at radius 2 is 2.40 bits per heavy atom. The minimum Gasteiger partial charge on any atom is -0.320 e. The number of nitrogens with zero attached hydrogens (tertiary/aromatic N) is 1. The molecule has 2 fully saturated rings. The van der Waals surface area contributed by atoms with Crippen LogP contribution in [0.1, 0.15) is 37.2 Å². The molecule has 1 amide bonds. The highest BCUT2D eigenvalue weighted by Gasteiger charge is 2.40. The summed E-state index contributed by atoms with van der Waals surface area (Å²) < 4.78 is 0. The van der Waals surface area contributed by atoms with Gasteiger partial charge < -0.3 is 4.90 Å². The van der Waals surface area contributed by atoms with Crippen molar-refractivity contribution in [1.29, 1.82) is 0 Å². The number of carbonyl (C=O) groups excluding carboxylic acids is 1. The maximum atomic E-state index is 12.7. The predicted molar refractivity (Wildman–Crippen MR) is 86.0 cm³/mol. The first-order chi connectivity index (χ1) is 9.79. The van der Waals surface area contributed by atoms with Crippen molar-refractivity contribution in [2.24, 2.45) is 5.92 Å². The molecule has 1 N–H and O–H groups in total. The lowest BCUT2D eigenvalue weighted by Crippen LogP contribution is -2.35. The largest absolute Gasteiger partial charge is 0.320 e. The quantitative estimate of drug-likeness (QED) is 0.907. The van der Waals surface area contributed by atoms with Gasteiger partial charge in [0, 0.05) is 11.4 Å². The maximum absolute atomic E-state index is 12.7. The molecule has 0 spiro atoms. The van der Waals surface area contributed by atoms with Gasteiger partial charge in [0.05, 0.1) is 6.04 Å². The third kappa shape index (κ3) is 2.90. The van der Waals surface area contributed by atoms with Crippen LogP contribution in [-0.2, 0) is 4.79 Å². The van der Waals surface area contributed by atoms with Gasteiger partial charge >= 0.3 is 0 Å². The fraction of sp³-hybridized carbons (Fsp3) is 0.667. The predicted octanol–water partition coefficient (Wildman–Crippen LogP) is 3.10. The van der Waals surface area contributed by atoms with Crippen LogP contribution in [0.4, 0.5) is 0 Å². The molecule has 0 saturated carbocycles. The molecule has 0 radical (unpaired) electrons. The minimum absolute atomic E-state index is 0.0150. The van der Waals surface area contributed by atoms with E-state index < -0.39 is 0 Å². The van der Waals surface area contributed by atoms with E-state index in [1.54, 1.807) is 11.3 Å². The summed E-state index contributed by atoms with van der Waals surface area (Å²) in [6.07, 6.45) is 3.35. The lowest BCUT2D eigenvalue weighted by Gasteiger charge is -2.26. The van der Waals surface area contributed by atoms with Crippen molar-refractivity contribution in [1.82, 2.24) is 10.2 Å². The van der Waals surface area contributed by atoms with Crippen LogP contribution in [0.5, 0.6) is 0 Å². The number of carbonyl (C=O) groups is 1. The molecule has 3 nitrogen and oxygen atoms in total. The van der Waals surface area contributed by atoms with Gasteiger partial charge in [0.2, 0.25) is 5.91 Å². The highest BCUT2D eigenvalue weighted by molar-refractivity contribution is 7.99. The van der Waals surface area contributed by atoms with E-state index in [2.05, 4.69) is 34.7 Å². The summed E-state index contributed by atoms with van der Waals surface area (Å²) in [7, 11) is 0. The Labute approximate surface area is 129 Å². The Balaban J connectivity index is 1.76. The zero-order chi connectivity index (χ0) is 13.9. The highest BCUT2D eigenvalue weighted by Crippen LogP contribution is 2.33. The second kappa shape index (κ2) is 6.50.